The van der Waals surface area contributed by atoms with Gasteiger partial charge in [-0.05, 0) is 24.1 Å². The lowest BCUT2D eigenvalue weighted by Crippen LogP contribution is -2.38. The van der Waals surface area contributed by atoms with Crippen molar-refractivity contribution in [3.8, 4) is 0 Å². The number of anilines is 1. The van der Waals surface area contributed by atoms with E-state index in [9.17, 15) is 9.59 Å². The number of hydrogen-bond donors (Lipinski definition) is 1. The maximum atomic E-state index is 12.4. The summed E-state index contributed by atoms with van der Waals surface area (Å²) in [6, 6.07) is 5.57. The fraction of sp³-hybridized carbons (Fsp3) is 0.421. The lowest BCUT2D eigenvalue weighted by molar-refractivity contribution is -0.140. The number of nitrogens with one attached hydrogen (secondary N) is 1. The Kier molecular flexibility index (Phi) is 5.46. The standard InChI is InChI=1S/C19H23N3O5/c1-11(2)7-16-20-14-6-5-12(8-15(14)21-16)22-10-27-9-13(18(23)25-3)17(22)19(24)26-4/h5-6,8,11H,7,9-10H2,1-4H3,(H,20,21). The van der Waals surface area contributed by atoms with Gasteiger partial charge >= 0.3 is 11.9 Å². The Morgan fingerprint density at radius 3 is 2.67 bits per heavy atom. The molecule has 27 heavy (non-hydrogen) atoms. The highest BCUT2D eigenvalue weighted by atomic mass is 16.5. The zero-order valence-corrected chi connectivity index (χ0v) is 15.9. The van der Waals surface area contributed by atoms with E-state index in [1.807, 2.05) is 18.2 Å². The average Bonchev–Trinajstić information content (AvgIpc) is 3.06. The SMILES string of the molecule is COC(=O)C1=C(C(=O)OC)N(c2ccc3nc(CC(C)C)[nH]c3c2)COC1. The van der Waals surface area contributed by atoms with Crippen LogP contribution in [0.4, 0.5) is 5.69 Å². The van der Waals surface area contributed by atoms with Gasteiger partial charge in [0.05, 0.1) is 37.4 Å². The predicted molar refractivity (Wildman–Crippen MR) is 99.0 cm³/mol. The Morgan fingerprint density at radius 2 is 2.00 bits per heavy atom. The van der Waals surface area contributed by atoms with Crippen LogP contribution in [0.1, 0.15) is 19.7 Å². The average molecular weight is 373 g/mol. The van der Waals surface area contributed by atoms with Gasteiger partial charge in [-0.15, -0.1) is 0 Å². The minimum absolute atomic E-state index is 0.0154. The van der Waals surface area contributed by atoms with Crippen molar-refractivity contribution >= 4 is 28.7 Å². The zero-order valence-electron chi connectivity index (χ0n) is 15.9. The highest BCUT2D eigenvalue weighted by Crippen LogP contribution is 2.29. The minimum Gasteiger partial charge on any atom is -0.466 e. The first-order chi connectivity index (χ1) is 12.9. The summed E-state index contributed by atoms with van der Waals surface area (Å²) in [4.78, 5) is 33.9. The molecule has 0 unspecified atom stereocenters. The molecule has 0 atom stereocenters. The summed E-state index contributed by atoms with van der Waals surface area (Å²) in [6.45, 7) is 4.36. The van der Waals surface area contributed by atoms with Crippen LogP contribution in [0.25, 0.3) is 11.0 Å². The molecule has 1 aliphatic rings. The van der Waals surface area contributed by atoms with Gasteiger partial charge in [0.15, 0.2) is 0 Å². The molecule has 0 amide bonds. The molecule has 0 saturated carbocycles. The van der Waals surface area contributed by atoms with Crippen molar-refractivity contribution in [1.82, 2.24) is 9.97 Å². The first-order valence-corrected chi connectivity index (χ1v) is 8.68. The molecule has 2 heterocycles. The Morgan fingerprint density at radius 1 is 1.26 bits per heavy atom. The fourth-order valence-corrected chi connectivity index (χ4v) is 3.05. The molecule has 8 nitrogen and oxygen atoms in total. The summed E-state index contributed by atoms with van der Waals surface area (Å²) < 4.78 is 15.2. The van der Waals surface area contributed by atoms with E-state index < -0.39 is 11.9 Å². The maximum Gasteiger partial charge on any atom is 0.355 e. The van der Waals surface area contributed by atoms with Gasteiger partial charge in [-0.1, -0.05) is 13.8 Å². The highest BCUT2D eigenvalue weighted by Gasteiger charge is 2.32. The number of carbonyl (C=O) groups is 2. The fourth-order valence-electron chi connectivity index (χ4n) is 3.05. The number of aromatic amines is 1. The molecule has 0 aliphatic carbocycles. The monoisotopic (exact) mass is 373 g/mol. The van der Waals surface area contributed by atoms with Gasteiger partial charge in [-0.2, -0.15) is 0 Å². The van der Waals surface area contributed by atoms with Gasteiger partial charge < -0.3 is 24.1 Å². The zero-order chi connectivity index (χ0) is 19.6. The van der Waals surface area contributed by atoms with Gasteiger partial charge in [0.2, 0.25) is 0 Å². The number of hydrogen-bond acceptors (Lipinski definition) is 7. The number of methoxy groups -OCH3 is 2. The minimum atomic E-state index is -0.623. The maximum absolute atomic E-state index is 12.4. The van der Waals surface area contributed by atoms with E-state index >= 15 is 0 Å². The van der Waals surface area contributed by atoms with Crippen molar-refractivity contribution in [2.45, 2.75) is 20.3 Å². The van der Waals surface area contributed by atoms with Crippen LogP contribution in [0, 0.1) is 5.92 Å². The van der Waals surface area contributed by atoms with Gasteiger partial charge in [-0.25, -0.2) is 14.6 Å². The molecule has 1 aromatic heterocycles. The molecule has 1 aromatic carbocycles. The summed E-state index contributed by atoms with van der Waals surface area (Å²) in [7, 11) is 2.53. The van der Waals surface area contributed by atoms with E-state index in [0.29, 0.717) is 11.6 Å². The Balaban J connectivity index is 2.04. The quantitative estimate of drug-likeness (QED) is 0.803. The molecular formula is C19H23N3O5. The number of ether oxygens (including phenoxy) is 3. The van der Waals surface area contributed by atoms with Gasteiger partial charge in [0.25, 0.3) is 0 Å². The van der Waals surface area contributed by atoms with Crippen LogP contribution in [0.3, 0.4) is 0 Å². The molecule has 2 aromatic rings. The molecule has 0 spiro atoms. The van der Waals surface area contributed by atoms with Gasteiger partial charge in [0.1, 0.15) is 18.3 Å². The first kappa shape index (κ1) is 18.9. The number of nitrogens with zero attached hydrogens (tertiary/aromatic N) is 2. The molecule has 0 saturated heterocycles. The molecule has 1 N–H and O–H groups in total. The van der Waals surface area contributed by atoms with Crippen molar-refractivity contribution < 1.29 is 23.8 Å². The summed E-state index contributed by atoms with van der Waals surface area (Å²) in [5, 5.41) is 0. The lowest BCUT2D eigenvalue weighted by atomic mass is 10.1. The Hall–Kier alpha value is -2.87. The molecule has 3 rings (SSSR count). The van der Waals surface area contributed by atoms with E-state index in [1.54, 1.807) is 4.90 Å². The van der Waals surface area contributed by atoms with Crippen molar-refractivity contribution in [2.24, 2.45) is 5.92 Å². The number of aromatic nitrogens is 2. The van der Waals surface area contributed by atoms with E-state index in [0.717, 1.165) is 23.3 Å². The normalized spacial score (nSPS) is 14.8. The Labute approximate surface area is 157 Å². The molecule has 8 heteroatoms. The van der Waals surface area contributed by atoms with Gasteiger partial charge in [-0.3, -0.25) is 0 Å². The molecular weight excluding hydrogens is 350 g/mol. The van der Waals surface area contributed by atoms with Crippen LogP contribution >= 0.6 is 0 Å². The van der Waals surface area contributed by atoms with Crippen molar-refractivity contribution in [3.05, 3.63) is 35.3 Å². The van der Waals surface area contributed by atoms with E-state index in [-0.39, 0.29) is 24.6 Å². The second kappa shape index (κ2) is 7.79. The van der Waals surface area contributed by atoms with Crippen LogP contribution < -0.4 is 4.90 Å². The second-order valence-corrected chi connectivity index (χ2v) is 6.70. The smallest absolute Gasteiger partial charge is 0.355 e. The van der Waals surface area contributed by atoms with Crippen LogP contribution in [0.2, 0.25) is 0 Å². The summed E-state index contributed by atoms with van der Waals surface area (Å²) >= 11 is 0. The molecule has 144 valence electrons. The summed E-state index contributed by atoms with van der Waals surface area (Å²) in [5.74, 6) is 0.147. The van der Waals surface area contributed by atoms with Crippen LogP contribution in [0.5, 0.6) is 0 Å². The summed E-state index contributed by atoms with van der Waals surface area (Å²) in [5.41, 5.74) is 2.61. The Bertz CT molecular complexity index is 900. The van der Waals surface area contributed by atoms with Crippen molar-refractivity contribution in [2.75, 3.05) is 32.5 Å². The number of fused-ring (bicyclic) bond motifs is 1. The van der Waals surface area contributed by atoms with Crippen LogP contribution in [-0.4, -0.2) is 49.5 Å². The number of benzene rings is 1. The lowest BCUT2D eigenvalue weighted by Gasteiger charge is -2.31. The third kappa shape index (κ3) is 3.80. The van der Waals surface area contributed by atoms with Crippen LogP contribution in [-0.2, 0) is 30.2 Å². The van der Waals surface area contributed by atoms with Crippen molar-refractivity contribution in [1.29, 1.82) is 0 Å². The molecule has 0 fully saturated rings. The topological polar surface area (TPSA) is 93.8 Å². The number of carbonyl (C=O) groups excluding carboxylic acids is 2. The first-order valence-electron chi connectivity index (χ1n) is 8.68. The largest absolute Gasteiger partial charge is 0.466 e. The van der Waals surface area contributed by atoms with Crippen LogP contribution in [0.15, 0.2) is 29.5 Å². The number of esters is 2. The number of imidazole rings is 1. The third-order valence-electron chi connectivity index (χ3n) is 4.26. The van der Waals surface area contributed by atoms with E-state index in [1.165, 1.54) is 14.2 Å². The summed E-state index contributed by atoms with van der Waals surface area (Å²) in [6.07, 6.45) is 0.844. The van der Waals surface area contributed by atoms with E-state index in [4.69, 9.17) is 14.2 Å². The molecule has 0 radical (unpaired) electrons. The van der Waals surface area contributed by atoms with Crippen molar-refractivity contribution in [3.63, 3.8) is 0 Å². The molecule has 0 bridgehead atoms. The van der Waals surface area contributed by atoms with E-state index in [2.05, 4.69) is 23.8 Å². The third-order valence-corrected chi connectivity index (χ3v) is 4.26. The molecule has 1 aliphatic heterocycles. The predicted octanol–water partition coefficient (Wildman–Crippen LogP) is 2.16. The number of H-pyrrole nitrogens is 1. The second-order valence-electron chi connectivity index (χ2n) is 6.70. The highest BCUT2D eigenvalue weighted by molar-refractivity contribution is 6.03. The van der Waals surface area contributed by atoms with Gasteiger partial charge in [0, 0.05) is 12.1 Å². The number of rotatable bonds is 5.